The number of aliphatic carboxylic acids is 1. The van der Waals surface area contributed by atoms with Crippen molar-refractivity contribution in [2.45, 2.75) is 38.1 Å². The van der Waals surface area contributed by atoms with Gasteiger partial charge in [0.05, 0.1) is 0 Å². The van der Waals surface area contributed by atoms with Crippen molar-refractivity contribution >= 4 is 11.9 Å². The number of nitrogens with zero attached hydrogens (tertiary/aromatic N) is 2. The van der Waals surface area contributed by atoms with Crippen LogP contribution < -0.4 is 5.32 Å². The van der Waals surface area contributed by atoms with Gasteiger partial charge in [0.2, 0.25) is 5.91 Å². The van der Waals surface area contributed by atoms with E-state index in [1.807, 2.05) is 17.0 Å². The summed E-state index contributed by atoms with van der Waals surface area (Å²) in [6.45, 7) is 2.23. The van der Waals surface area contributed by atoms with Crippen LogP contribution in [0.3, 0.4) is 0 Å². The number of pyridine rings is 1. The molecule has 2 N–H and O–H groups in total. The first kappa shape index (κ1) is 15.9. The number of rotatable bonds is 4. The molecule has 3 heterocycles. The maximum Gasteiger partial charge on any atom is 0.320 e. The highest BCUT2D eigenvalue weighted by molar-refractivity contribution is 5.76. The van der Waals surface area contributed by atoms with Gasteiger partial charge in [-0.2, -0.15) is 0 Å². The second-order valence-corrected chi connectivity index (χ2v) is 6.71. The third-order valence-electron chi connectivity index (χ3n) is 5.21. The number of hydrogen-bond acceptors (Lipinski definition) is 4. The summed E-state index contributed by atoms with van der Waals surface area (Å²) in [4.78, 5) is 29.3. The average molecular weight is 317 g/mol. The van der Waals surface area contributed by atoms with Crippen LogP contribution in [0.25, 0.3) is 0 Å². The Bertz CT molecular complexity index is 568. The van der Waals surface area contributed by atoms with Crippen LogP contribution in [-0.2, 0) is 16.0 Å². The van der Waals surface area contributed by atoms with Gasteiger partial charge in [-0.1, -0.05) is 0 Å². The molecule has 2 fully saturated rings. The number of carbonyl (C=O) groups is 2. The lowest BCUT2D eigenvalue weighted by atomic mass is 9.76. The lowest BCUT2D eigenvalue weighted by Gasteiger charge is -2.39. The Morgan fingerprint density at radius 3 is 2.61 bits per heavy atom. The Hall–Kier alpha value is -1.95. The van der Waals surface area contributed by atoms with Gasteiger partial charge in [0, 0.05) is 38.4 Å². The van der Waals surface area contributed by atoms with Gasteiger partial charge in [-0.05, 0) is 48.8 Å². The number of carboxylic acids is 1. The van der Waals surface area contributed by atoms with E-state index in [4.69, 9.17) is 5.11 Å². The lowest BCUT2D eigenvalue weighted by Crippen LogP contribution is -2.44. The molecule has 0 aliphatic carbocycles. The Morgan fingerprint density at radius 2 is 2.00 bits per heavy atom. The minimum absolute atomic E-state index is 0.0605. The molecule has 124 valence electrons. The number of amides is 1. The molecule has 2 aliphatic heterocycles. The standard InChI is InChI=1S/C17H23N3O3/c21-15(2-1-13-3-7-18-8-4-13)20-9-5-17(6-10-20)11-14(16(22)23)19-12-17/h3-4,7-8,14,19H,1-2,5-6,9-12H2,(H,22,23). The summed E-state index contributed by atoms with van der Waals surface area (Å²) >= 11 is 0. The van der Waals surface area contributed by atoms with Crippen molar-refractivity contribution in [3.05, 3.63) is 30.1 Å². The number of carbonyl (C=O) groups excluding carboxylic acids is 1. The van der Waals surface area contributed by atoms with Gasteiger partial charge >= 0.3 is 5.97 Å². The molecule has 6 heteroatoms. The van der Waals surface area contributed by atoms with Gasteiger partial charge in [-0.3, -0.25) is 14.6 Å². The molecule has 2 saturated heterocycles. The first-order chi connectivity index (χ1) is 11.1. The zero-order valence-corrected chi connectivity index (χ0v) is 13.2. The summed E-state index contributed by atoms with van der Waals surface area (Å²) in [5, 5.41) is 12.2. The highest BCUT2D eigenvalue weighted by atomic mass is 16.4. The van der Waals surface area contributed by atoms with E-state index in [1.54, 1.807) is 12.4 Å². The van der Waals surface area contributed by atoms with Gasteiger partial charge in [-0.15, -0.1) is 0 Å². The predicted octanol–water partition coefficient (Wildman–Crippen LogP) is 1.07. The van der Waals surface area contributed by atoms with Gasteiger partial charge in [0.25, 0.3) is 0 Å². The average Bonchev–Trinajstić information content (AvgIpc) is 2.98. The zero-order chi connectivity index (χ0) is 16.3. The van der Waals surface area contributed by atoms with Crippen molar-refractivity contribution in [3.8, 4) is 0 Å². The number of aromatic nitrogens is 1. The number of hydrogen-bond donors (Lipinski definition) is 2. The lowest BCUT2D eigenvalue weighted by molar-refractivity contribution is -0.139. The van der Waals surface area contributed by atoms with Crippen molar-refractivity contribution in [1.29, 1.82) is 0 Å². The summed E-state index contributed by atoms with van der Waals surface area (Å²) < 4.78 is 0. The summed E-state index contributed by atoms with van der Waals surface area (Å²) in [5.74, 6) is -0.574. The molecule has 1 aromatic rings. The molecule has 1 spiro atoms. The highest BCUT2D eigenvalue weighted by Crippen LogP contribution is 2.39. The molecular formula is C17H23N3O3. The fourth-order valence-electron chi connectivity index (χ4n) is 3.66. The summed E-state index contributed by atoms with van der Waals surface area (Å²) in [7, 11) is 0. The van der Waals surface area contributed by atoms with E-state index in [9.17, 15) is 9.59 Å². The summed E-state index contributed by atoms with van der Waals surface area (Å²) in [5.41, 5.74) is 1.19. The molecule has 1 amide bonds. The van der Waals surface area contributed by atoms with Crippen molar-refractivity contribution in [2.24, 2.45) is 5.41 Å². The Morgan fingerprint density at radius 1 is 1.30 bits per heavy atom. The first-order valence-corrected chi connectivity index (χ1v) is 8.21. The van der Waals surface area contributed by atoms with Gasteiger partial charge < -0.3 is 15.3 Å². The van der Waals surface area contributed by atoms with Gasteiger partial charge in [0.15, 0.2) is 0 Å². The van der Waals surface area contributed by atoms with Crippen LogP contribution in [0.2, 0.25) is 0 Å². The monoisotopic (exact) mass is 317 g/mol. The topological polar surface area (TPSA) is 82.5 Å². The molecule has 0 radical (unpaired) electrons. The Kier molecular flexibility index (Phi) is 4.61. The molecular weight excluding hydrogens is 294 g/mol. The van der Waals surface area contributed by atoms with Crippen LogP contribution in [0, 0.1) is 5.41 Å². The van der Waals surface area contributed by atoms with Crippen molar-refractivity contribution in [1.82, 2.24) is 15.2 Å². The van der Waals surface area contributed by atoms with Crippen LogP contribution in [-0.4, -0.2) is 52.5 Å². The molecule has 3 rings (SSSR count). The third-order valence-corrected chi connectivity index (χ3v) is 5.21. The van der Waals surface area contributed by atoms with Crippen LogP contribution in [0.4, 0.5) is 0 Å². The largest absolute Gasteiger partial charge is 0.480 e. The molecule has 0 bridgehead atoms. The molecule has 0 saturated carbocycles. The zero-order valence-electron chi connectivity index (χ0n) is 13.2. The van der Waals surface area contributed by atoms with Crippen molar-refractivity contribution in [2.75, 3.05) is 19.6 Å². The molecule has 2 aliphatic rings. The van der Waals surface area contributed by atoms with E-state index in [1.165, 1.54) is 0 Å². The summed E-state index contributed by atoms with van der Waals surface area (Å²) in [6, 6.07) is 3.45. The van der Waals surface area contributed by atoms with Gasteiger partial charge in [-0.25, -0.2) is 0 Å². The van der Waals surface area contributed by atoms with Crippen molar-refractivity contribution < 1.29 is 14.7 Å². The minimum atomic E-state index is -0.766. The Balaban J connectivity index is 1.47. The van der Waals surface area contributed by atoms with Crippen molar-refractivity contribution in [3.63, 3.8) is 0 Å². The number of piperidine rings is 1. The fraction of sp³-hybridized carbons (Fsp3) is 0.588. The maximum atomic E-state index is 12.3. The molecule has 1 atom stereocenters. The predicted molar refractivity (Wildman–Crippen MR) is 84.8 cm³/mol. The smallest absolute Gasteiger partial charge is 0.320 e. The fourth-order valence-corrected chi connectivity index (χ4v) is 3.66. The van der Waals surface area contributed by atoms with Gasteiger partial charge in [0.1, 0.15) is 6.04 Å². The number of nitrogens with one attached hydrogen (secondary N) is 1. The molecule has 1 unspecified atom stereocenters. The van der Waals surface area contributed by atoms with Crippen LogP contribution in [0.5, 0.6) is 0 Å². The summed E-state index contributed by atoms with van der Waals surface area (Å²) in [6.07, 6.45) is 7.22. The Labute approximate surface area is 135 Å². The van der Waals surface area contributed by atoms with Crippen LogP contribution in [0.1, 0.15) is 31.2 Å². The van der Waals surface area contributed by atoms with E-state index < -0.39 is 12.0 Å². The SMILES string of the molecule is O=C(O)C1CC2(CCN(C(=O)CCc3ccncc3)CC2)CN1. The molecule has 6 nitrogen and oxygen atoms in total. The maximum absolute atomic E-state index is 12.3. The van der Waals surface area contributed by atoms with Crippen LogP contribution in [0.15, 0.2) is 24.5 Å². The van der Waals surface area contributed by atoms with E-state index in [-0.39, 0.29) is 11.3 Å². The quantitative estimate of drug-likeness (QED) is 0.868. The van der Waals surface area contributed by atoms with E-state index in [0.717, 1.165) is 44.5 Å². The van der Waals surface area contributed by atoms with E-state index in [2.05, 4.69) is 10.3 Å². The molecule has 1 aromatic heterocycles. The second-order valence-electron chi connectivity index (χ2n) is 6.71. The number of carboxylic acid groups (broad SMARTS) is 1. The second kappa shape index (κ2) is 6.66. The number of aryl methyl sites for hydroxylation is 1. The molecule has 0 aromatic carbocycles. The van der Waals surface area contributed by atoms with E-state index >= 15 is 0 Å². The highest BCUT2D eigenvalue weighted by Gasteiger charge is 2.43. The minimum Gasteiger partial charge on any atom is -0.480 e. The number of likely N-dealkylation sites (tertiary alicyclic amines) is 1. The molecule has 23 heavy (non-hydrogen) atoms. The normalized spacial score (nSPS) is 23.1. The first-order valence-electron chi connectivity index (χ1n) is 8.21. The van der Waals surface area contributed by atoms with E-state index in [0.29, 0.717) is 12.8 Å². The third kappa shape index (κ3) is 3.69. The van der Waals surface area contributed by atoms with Crippen LogP contribution >= 0.6 is 0 Å².